The minimum Gasteiger partial charge on any atom is -0.277 e. The highest BCUT2D eigenvalue weighted by molar-refractivity contribution is 6.18. The highest BCUT2D eigenvalue weighted by Gasteiger charge is 1.95. The molecule has 4 nitrogen and oxygen atoms in total. The molecule has 0 atom stereocenters. The lowest BCUT2D eigenvalue weighted by Crippen LogP contribution is -1.96. The summed E-state index contributed by atoms with van der Waals surface area (Å²) in [6, 6.07) is 10.8. The van der Waals surface area contributed by atoms with E-state index in [1.54, 1.807) is 12.1 Å². The van der Waals surface area contributed by atoms with Crippen LogP contribution in [-0.2, 0) is 6.42 Å². The summed E-state index contributed by atoms with van der Waals surface area (Å²) in [4.78, 5) is 0. The molecule has 1 aromatic rings. The third-order valence-corrected chi connectivity index (χ3v) is 2.03. The number of halogens is 1. The van der Waals surface area contributed by atoms with Gasteiger partial charge in [0.1, 0.15) is 12.1 Å². The molecule has 1 rings (SSSR count). The number of hydrazone groups is 1. The minimum absolute atomic E-state index is 0.204. The van der Waals surface area contributed by atoms with E-state index in [4.69, 9.17) is 22.1 Å². The first-order valence-electron chi connectivity index (χ1n) is 4.59. The number of hydrogen-bond donors (Lipinski definition) is 1. The summed E-state index contributed by atoms with van der Waals surface area (Å²) in [7, 11) is 0. The fourth-order valence-electron chi connectivity index (χ4n) is 1.05. The topological polar surface area (TPSA) is 72.0 Å². The first-order valence-corrected chi connectivity index (χ1v) is 5.12. The summed E-state index contributed by atoms with van der Waals surface area (Å²) in [6.07, 6.45) is 0.812. The van der Waals surface area contributed by atoms with Crippen LogP contribution < -0.4 is 5.43 Å². The minimum atomic E-state index is -0.204. The van der Waals surface area contributed by atoms with Crippen LogP contribution in [0.2, 0.25) is 0 Å². The number of anilines is 1. The quantitative estimate of drug-likeness (QED) is 0.492. The van der Waals surface area contributed by atoms with Crippen molar-refractivity contribution in [2.45, 2.75) is 6.42 Å². The molecule has 0 saturated carbocycles. The van der Waals surface area contributed by atoms with Crippen LogP contribution >= 0.6 is 11.6 Å². The summed E-state index contributed by atoms with van der Waals surface area (Å²) in [5.74, 6) is 0.581. The van der Waals surface area contributed by atoms with Gasteiger partial charge in [-0.05, 0) is 24.1 Å². The van der Waals surface area contributed by atoms with Crippen molar-refractivity contribution in [1.82, 2.24) is 0 Å². The predicted octanol–water partition coefficient (Wildman–Crippen LogP) is 2.28. The molecule has 1 N–H and O–H groups in total. The SMILES string of the molecule is N#CC(C#N)=NNc1ccc(CCCl)cc1. The van der Waals surface area contributed by atoms with Crippen LogP contribution in [0.5, 0.6) is 0 Å². The van der Waals surface area contributed by atoms with Gasteiger partial charge in [-0.25, -0.2) is 0 Å². The maximum atomic E-state index is 8.46. The van der Waals surface area contributed by atoms with E-state index in [-0.39, 0.29) is 5.71 Å². The largest absolute Gasteiger partial charge is 0.277 e. The van der Waals surface area contributed by atoms with Gasteiger partial charge < -0.3 is 0 Å². The van der Waals surface area contributed by atoms with Gasteiger partial charge in [0.15, 0.2) is 0 Å². The van der Waals surface area contributed by atoms with Crippen LogP contribution in [0, 0.1) is 22.7 Å². The van der Waals surface area contributed by atoms with Crippen LogP contribution in [-0.4, -0.2) is 11.6 Å². The van der Waals surface area contributed by atoms with Gasteiger partial charge in [-0.3, -0.25) is 5.43 Å². The van der Waals surface area contributed by atoms with E-state index < -0.39 is 0 Å². The molecule has 0 fully saturated rings. The number of nitrogens with one attached hydrogen (secondary N) is 1. The van der Waals surface area contributed by atoms with Gasteiger partial charge in [-0.2, -0.15) is 15.6 Å². The summed E-state index contributed by atoms with van der Waals surface area (Å²) in [5.41, 5.74) is 4.28. The van der Waals surface area contributed by atoms with E-state index in [1.165, 1.54) is 0 Å². The fourth-order valence-corrected chi connectivity index (χ4v) is 1.27. The van der Waals surface area contributed by atoms with Crippen LogP contribution in [0.3, 0.4) is 0 Å². The second kappa shape index (κ2) is 6.44. The number of nitrogens with zero attached hydrogens (tertiary/aromatic N) is 3. The second-order valence-corrected chi connectivity index (χ2v) is 3.31. The molecule has 0 bridgehead atoms. The summed E-state index contributed by atoms with van der Waals surface area (Å²) < 4.78 is 0. The molecular weight excluding hydrogens is 224 g/mol. The summed E-state index contributed by atoms with van der Waals surface area (Å²) in [6.45, 7) is 0. The normalized spacial score (nSPS) is 8.69. The van der Waals surface area contributed by atoms with Crippen molar-refractivity contribution in [3.63, 3.8) is 0 Å². The maximum Gasteiger partial charge on any atom is 0.237 e. The van der Waals surface area contributed by atoms with Crippen molar-refractivity contribution in [3.05, 3.63) is 29.8 Å². The van der Waals surface area contributed by atoms with E-state index in [0.717, 1.165) is 17.7 Å². The molecule has 0 aliphatic rings. The number of rotatable bonds is 4. The highest BCUT2D eigenvalue weighted by atomic mass is 35.5. The molecule has 0 saturated heterocycles. The molecule has 0 spiro atoms. The fraction of sp³-hybridized carbons (Fsp3) is 0.182. The predicted molar refractivity (Wildman–Crippen MR) is 63.1 cm³/mol. The number of alkyl halides is 1. The zero-order valence-electron chi connectivity index (χ0n) is 8.44. The Kier molecular flexibility index (Phi) is 4.85. The van der Waals surface area contributed by atoms with E-state index >= 15 is 0 Å². The highest BCUT2D eigenvalue weighted by Crippen LogP contribution is 2.10. The molecule has 0 amide bonds. The number of hydrogen-bond acceptors (Lipinski definition) is 4. The maximum absolute atomic E-state index is 8.46. The molecule has 0 aliphatic carbocycles. The lowest BCUT2D eigenvalue weighted by molar-refractivity contribution is 1.15. The molecule has 0 aromatic heterocycles. The lowest BCUT2D eigenvalue weighted by Gasteiger charge is -2.01. The lowest BCUT2D eigenvalue weighted by atomic mass is 10.1. The molecule has 0 unspecified atom stereocenters. The van der Waals surface area contributed by atoms with Gasteiger partial charge >= 0.3 is 0 Å². The Morgan fingerprint density at radius 3 is 2.38 bits per heavy atom. The average Bonchev–Trinajstić information content (AvgIpc) is 2.33. The smallest absolute Gasteiger partial charge is 0.237 e. The van der Waals surface area contributed by atoms with Crippen molar-refractivity contribution in [2.75, 3.05) is 11.3 Å². The Labute approximate surface area is 98.8 Å². The Morgan fingerprint density at radius 2 is 1.88 bits per heavy atom. The van der Waals surface area contributed by atoms with Gasteiger partial charge in [0.05, 0.1) is 5.69 Å². The van der Waals surface area contributed by atoms with Gasteiger partial charge in [-0.1, -0.05) is 12.1 Å². The van der Waals surface area contributed by atoms with Crippen LogP contribution in [0.15, 0.2) is 29.4 Å². The Morgan fingerprint density at radius 1 is 1.25 bits per heavy atom. The Hall–Kier alpha value is -2.04. The molecule has 1 aromatic carbocycles. The van der Waals surface area contributed by atoms with E-state index in [9.17, 15) is 0 Å². The third kappa shape index (κ3) is 3.61. The van der Waals surface area contributed by atoms with Crippen molar-refractivity contribution in [1.29, 1.82) is 10.5 Å². The second-order valence-electron chi connectivity index (χ2n) is 2.93. The van der Waals surface area contributed by atoms with Crippen molar-refractivity contribution in [3.8, 4) is 12.1 Å². The molecule has 80 valence electrons. The van der Waals surface area contributed by atoms with E-state index in [2.05, 4.69) is 10.5 Å². The average molecular weight is 233 g/mol. The molecular formula is C11H9ClN4. The molecule has 0 heterocycles. The standard InChI is InChI=1S/C11H9ClN4/c12-6-5-9-1-3-10(4-2-9)15-16-11(7-13)8-14/h1-4,15H,5-6H2. The summed E-state index contributed by atoms with van der Waals surface area (Å²) >= 11 is 5.61. The molecule has 0 aliphatic heterocycles. The van der Waals surface area contributed by atoms with Crippen LogP contribution in [0.25, 0.3) is 0 Å². The van der Waals surface area contributed by atoms with Gasteiger partial charge in [0.2, 0.25) is 5.71 Å². The Bertz CT molecular complexity index is 434. The molecule has 16 heavy (non-hydrogen) atoms. The molecule has 0 radical (unpaired) electrons. The first kappa shape index (κ1) is 12.0. The number of benzene rings is 1. The van der Waals surface area contributed by atoms with E-state index in [1.807, 2.05) is 24.3 Å². The monoisotopic (exact) mass is 232 g/mol. The molecule has 5 heteroatoms. The van der Waals surface area contributed by atoms with Crippen molar-refractivity contribution >= 4 is 23.0 Å². The third-order valence-electron chi connectivity index (χ3n) is 1.85. The van der Waals surface area contributed by atoms with Crippen molar-refractivity contribution in [2.24, 2.45) is 5.10 Å². The van der Waals surface area contributed by atoms with Crippen LogP contribution in [0.1, 0.15) is 5.56 Å². The number of aryl methyl sites for hydroxylation is 1. The number of nitriles is 2. The van der Waals surface area contributed by atoms with Crippen LogP contribution in [0.4, 0.5) is 5.69 Å². The Balaban J connectivity index is 2.67. The van der Waals surface area contributed by atoms with E-state index in [0.29, 0.717) is 5.88 Å². The van der Waals surface area contributed by atoms with Crippen molar-refractivity contribution < 1.29 is 0 Å². The first-order chi connectivity index (χ1) is 7.80. The zero-order valence-corrected chi connectivity index (χ0v) is 9.20. The van der Waals surface area contributed by atoms with Gasteiger partial charge in [0, 0.05) is 5.88 Å². The zero-order chi connectivity index (χ0) is 11.8. The van der Waals surface area contributed by atoms with Gasteiger partial charge in [0.25, 0.3) is 0 Å². The summed E-state index contributed by atoms with van der Waals surface area (Å²) in [5, 5.41) is 20.5. The van der Waals surface area contributed by atoms with Gasteiger partial charge in [-0.15, -0.1) is 11.6 Å².